The van der Waals surface area contributed by atoms with Crippen molar-refractivity contribution in [3.63, 3.8) is 0 Å². The quantitative estimate of drug-likeness (QED) is 0.292. The first-order valence-corrected chi connectivity index (χ1v) is 12.9. The van der Waals surface area contributed by atoms with Crippen LogP contribution >= 0.6 is 11.8 Å². The number of imide groups is 1. The van der Waals surface area contributed by atoms with E-state index in [4.69, 9.17) is 9.47 Å². The first-order chi connectivity index (χ1) is 17.3. The van der Waals surface area contributed by atoms with Gasteiger partial charge in [0.15, 0.2) is 0 Å². The highest BCUT2D eigenvalue weighted by molar-refractivity contribution is 8.18. The van der Waals surface area contributed by atoms with Crippen LogP contribution in [-0.4, -0.2) is 29.2 Å². The lowest BCUT2D eigenvalue weighted by molar-refractivity contribution is -0.123. The molecule has 1 aliphatic heterocycles. The number of thioether (sulfide) groups is 1. The van der Waals surface area contributed by atoms with Crippen LogP contribution < -0.4 is 9.47 Å². The number of ether oxygens (including phenoxy) is 2. The number of amides is 2. The third-order valence-corrected chi connectivity index (χ3v) is 6.83. The molecule has 1 aliphatic rings. The van der Waals surface area contributed by atoms with Crippen molar-refractivity contribution in [3.05, 3.63) is 99.5 Å². The number of aryl methyl sites for hydroxylation is 2. The molecule has 0 unspecified atom stereocenters. The van der Waals surface area contributed by atoms with Gasteiger partial charge in [-0.2, -0.15) is 0 Å². The molecule has 3 aromatic rings. The monoisotopic (exact) mass is 501 g/mol. The molecular weight excluding hydrogens is 470 g/mol. The van der Waals surface area contributed by atoms with Gasteiger partial charge in [0.2, 0.25) is 0 Å². The van der Waals surface area contributed by atoms with Crippen LogP contribution in [0.4, 0.5) is 4.79 Å². The summed E-state index contributed by atoms with van der Waals surface area (Å²) in [7, 11) is 0. The third kappa shape index (κ3) is 6.38. The van der Waals surface area contributed by atoms with E-state index in [-0.39, 0.29) is 24.3 Å². The van der Waals surface area contributed by atoms with Crippen molar-refractivity contribution in [3.8, 4) is 11.5 Å². The molecule has 0 radical (unpaired) electrons. The molecule has 1 saturated heterocycles. The average Bonchev–Trinajstić information content (AvgIpc) is 3.11. The van der Waals surface area contributed by atoms with Crippen molar-refractivity contribution < 1.29 is 19.1 Å². The maximum atomic E-state index is 12.9. The molecule has 4 rings (SSSR count). The Balaban J connectivity index is 1.37. The molecule has 3 aromatic carbocycles. The lowest BCUT2D eigenvalue weighted by Crippen LogP contribution is -2.32. The Hall–Kier alpha value is -3.51. The molecule has 0 spiro atoms. The van der Waals surface area contributed by atoms with Crippen LogP contribution in [0.2, 0.25) is 0 Å². The summed E-state index contributed by atoms with van der Waals surface area (Å²) < 4.78 is 11.9. The van der Waals surface area contributed by atoms with Crippen LogP contribution in [0.25, 0.3) is 6.08 Å². The van der Waals surface area contributed by atoms with E-state index >= 15 is 0 Å². The highest BCUT2D eigenvalue weighted by Gasteiger charge is 2.34. The Kier molecular flexibility index (Phi) is 8.16. The molecule has 0 aliphatic carbocycles. The number of carbonyl (C=O) groups excluding carboxylic acids is 2. The fourth-order valence-electron chi connectivity index (χ4n) is 3.88. The highest BCUT2D eigenvalue weighted by Crippen LogP contribution is 2.33. The summed E-state index contributed by atoms with van der Waals surface area (Å²) in [4.78, 5) is 27.1. The number of rotatable bonds is 9. The van der Waals surface area contributed by atoms with Gasteiger partial charge in [-0.25, -0.2) is 0 Å². The molecule has 0 atom stereocenters. The van der Waals surface area contributed by atoms with Crippen LogP contribution in [0.15, 0.2) is 71.6 Å². The largest absolute Gasteiger partial charge is 0.491 e. The van der Waals surface area contributed by atoms with Crippen LogP contribution in [-0.2, 0) is 11.4 Å². The van der Waals surface area contributed by atoms with Gasteiger partial charge in [0.25, 0.3) is 11.1 Å². The van der Waals surface area contributed by atoms with Crippen molar-refractivity contribution in [2.75, 3.05) is 13.2 Å². The Morgan fingerprint density at radius 1 is 0.917 bits per heavy atom. The number of carbonyl (C=O) groups is 2. The van der Waals surface area contributed by atoms with E-state index in [0.29, 0.717) is 23.2 Å². The van der Waals surface area contributed by atoms with Gasteiger partial charge in [-0.1, -0.05) is 67.9 Å². The second-order valence-corrected chi connectivity index (χ2v) is 10.2. The summed E-state index contributed by atoms with van der Waals surface area (Å²) in [5.41, 5.74) is 5.31. The first-order valence-electron chi connectivity index (χ1n) is 12.1. The molecule has 36 heavy (non-hydrogen) atoms. The number of benzene rings is 3. The molecule has 0 N–H and O–H groups in total. The van der Waals surface area contributed by atoms with Gasteiger partial charge in [0, 0.05) is 0 Å². The van der Waals surface area contributed by atoms with E-state index in [2.05, 4.69) is 45.0 Å². The van der Waals surface area contributed by atoms with Crippen LogP contribution in [0.1, 0.15) is 47.6 Å². The van der Waals surface area contributed by atoms with Gasteiger partial charge in [-0.05, 0) is 78.1 Å². The zero-order valence-electron chi connectivity index (χ0n) is 21.1. The van der Waals surface area contributed by atoms with E-state index < -0.39 is 0 Å². The minimum absolute atomic E-state index is 0.202. The highest BCUT2D eigenvalue weighted by atomic mass is 32.2. The molecular formula is C30H31NO4S. The summed E-state index contributed by atoms with van der Waals surface area (Å²) in [5.74, 6) is 1.52. The fourth-order valence-corrected chi connectivity index (χ4v) is 4.74. The van der Waals surface area contributed by atoms with Crippen LogP contribution in [0, 0.1) is 13.8 Å². The lowest BCUT2D eigenvalue weighted by Gasteiger charge is -2.17. The topological polar surface area (TPSA) is 55.8 Å². The molecule has 186 valence electrons. The van der Waals surface area contributed by atoms with E-state index in [0.717, 1.165) is 39.8 Å². The Bertz CT molecular complexity index is 1280. The van der Waals surface area contributed by atoms with Crippen molar-refractivity contribution in [1.29, 1.82) is 0 Å². The number of nitrogens with zero attached hydrogens (tertiary/aromatic N) is 1. The molecule has 2 amide bonds. The molecule has 0 aromatic heterocycles. The molecule has 6 heteroatoms. The normalized spacial score (nSPS) is 14.7. The minimum atomic E-state index is -0.298. The maximum Gasteiger partial charge on any atom is 0.293 e. The smallest absolute Gasteiger partial charge is 0.293 e. The van der Waals surface area contributed by atoms with Gasteiger partial charge in [-0.3, -0.25) is 14.5 Å². The average molecular weight is 502 g/mol. The SMILES string of the molecule is Cc1ccc(COc2cccc(/C=C3\SC(=O)N(CCOc4cc(C)ccc4C(C)C)C3=O)c2)cc1. The molecule has 1 fully saturated rings. The summed E-state index contributed by atoms with van der Waals surface area (Å²) in [6, 6.07) is 21.8. The fraction of sp³-hybridized carbons (Fsp3) is 0.267. The minimum Gasteiger partial charge on any atom is -0.491 e. The van der Waals surface area contributed by atoms with E-state index in [1.54, 1.807) is 6.08 Å². The number of hydrogen-bond acceptors (Lipinski definition) is 5. The predicted octanol–water partition coefficient (Wildman–Crippen LogP) is 7.12. The second-order valence-electron chi connectivity index (χ2n) is 9.22. The lowest BCUT2D eigenvalue weighted by atomic mass is 10.0. The Labute approximate surface area is 217 Å². The molecule has 5 nitrogen and oxygen atoms in total. The van der Waals surface area contributed by atoms with E-state index in [9.17, 15) is 9.59 Å². The zero-order chi connectivity index (χ0) is 25.7. The maximum absolute atomic E-state index is 12.9. The molecule has 0 bridgehead atoms. The van der Waals surface area contributed by atoms with Crippen molar-refractivity contribution in [2.24, 2.45) is 0 Å². The van der Waals surface area contributed by atoms with Gasteiger partial charge >= 0.3 is 0 Å². The second kappa shape index (κ2) is 11.5. The van der Waals surface area contributed by atoms with Crippen molar-refractivity contribution >= 4 is 29.0 Å². The zero-order valence-corrected chi connectivity index (χ0v) is 21.9. The predicted molar refractivity (Wildman–Crippen MR) is 145 cm³/mol. The summed E-state index contributed by atoms with van der Waals surface area (Å²) >= 11 is 0.953. The molecule has 0 saturated carbocycles. The summed E-state index contributed by atoms with van der Waals surface area (Å²) in [6.07, 6.45) is 1.74. The van der Waals surface area contributed by atoms with E-state index in [1.165, 1.54) is 10.5 Å². The van der Waals surface area contributed by atoms with Crippen molar-refractivity contribution in [2.45, 2.75) is 40.2 Å². The Morgan fingerprint density at radius 3 is 2.42 bits per heavy atom. The van der Waals surface area contributed by atoms with Gasteiger partial charge in [-0.15, -0.1) is 0 Å². The summed E-state index contributed by atoms with van der Waals surface area (Å²) in [5, 5.41) is -0.282. The number of hydrogen-bond donors (Lipinski definition) is 0. The standard InChI is InChI=1S/C30H31NO4S/c1-20(2)26-13-10-22(4)16-27(26)34-15-14-31-29(32)28(36-30(31)33)18-24-6-5-7-25(17-24)35-19-23-11-8-21(3)9-12-23/h5-13,16-18,20H,14-15,19H2,1-4H3/b28-18-. The van der Waals surface area contributed by atoms with Gasteiger partial charge < -0.3 is 9.47 Å². The Morgan fingerprint density at radius 2 is 1.67 bits per heavy atom. The van der Waals surface area contributed by atoms with Crippen LogP contribution in [0.5, 0.6) is 11.5 Å². The van der Waals surface area contributed by atoms with Gasteiger partial charge in [0.05, 0.1) is 11.4 Å². The third-order valence-electron chi connectivity index (χ3n) is 5.92. The van der Waals surface area contributed by atoms with Crippen molar-refractivity contribution in [1.82, 2.24) is 4.90 Å². The molecule has 1 heterocycles. The van der Waals surface area contributed by atoms with E-state index in [1.807, 2.05) is 49.4 Å². The first kappa shape index (κ1) is 25.6. The summed E-state index contributed by atoms with van der Waals surface area (Å²) in [6.45, 7) is 9.20. The van der Waals surface area contributed by atoms with Crippen LogP contribution in [0.3, 0.4) is 0 Å². The van der Waals surface area contributed by atoms with Gasteiger partial charge in [0.1, 0.15) is 24.7 Å².